The first-order valence-electron chi connectivity index (χ1n) is 7.36. The molecule has 6 nitrogen and oxygen atoms in total. The fourth-order valence-electron chi connectivity index (χ4n) is 2.68. The van der Waals surface area contributed by atoms with Crippen molar-refractivity contribution in [3.63, 3.8) is 0 Å². The van der Waals surface area contributed by atoms with E-state index in [1.807, 2.05) is 30.3 Å². The zero-order chi connectivity index (χ0) is 16.7. The van der Waals surface area contributed by atoms with Gasteiger partial charge < -0.3 is 15.4 Å². The third-order valence-electron chi connectivity index (χ3n) is 3.86. The summed E-state index contributed by atoms with van der Waals surface area (Å²) in [6.45, 7) is -0.0719. The molecule has 2 N–H and O–H groups in total. The van der Waals surface area contributed by atoms with Gasteiger partial charge in [0, 0.05) is 5.69 Å². The highest BCUT2D eigenvalue weighted by atomic mass is 16.5. The highest BCUT2D eigenvalue weighted by Crippen LogP contribution is 2.34. The number of rotatable bonds is 3. The minimum absolute atomic E-state index is 0.0719. The summed E-state index contributed by atoms with van der Waals surface area (Å²) < 4.78 is 5.36. The average molecular weight is 320 g/mol. The van der Waals surface area contributed by atoms with Crippen LogP contribution in [-0.2, 0) is 4.79 Å². The molecule has 24 heavy (non-hydrogen) atoms. The summed E-state index contributed by atoms with van der Waals surface area (Å²) in [5.41, 5.74) is 1.37. The van der Waals surface area contributed by atoms with Crippen LogP contribution in [0.25, 0.3) is 11.1 Å². The van der Waals surface area contributed by atoms with Gasteiger partial charge >= 0.3 is 0 Å². The lowest BCUT2D eigenvalue weighted by molar-refractivity contribution is -0.118. The zero-order valence-electron chi connectivity index (χ0n) is 12.5. The molecule has 3 aromatic rings. The highest BCUT2D eigenvalue weighted by Gasteiger charge is 2.24. The van der Waals surface area contributed by atoms with Gasteiger partial charge in [-0.3, -0.25) is 14.4 Å². The molecular formula is C18H12N2O4. The highest BCUT2D eigenvalue weighted by molar-refractivity contribution is 5.96. The maximum absolute atomic E-state index is 12.0. The van der Waals surface area contributed by atoms with Crippen molar-refractivity contribution in [1.29, 1.82) is 0 Å². The summed E-state index contributed by atoms with van der Waals surface area (Å²) in [6.07, 6.45) is 0. The van der Waals surface area contributed by atoms with E-state index in [0.717, 1.165) is 5.69 Å². The van der Waals surface area contributed by atoms with Gasteiger partial charge in [0.05, 0.1) is 11.3 Å². The van der Waals surface area contributed by atoms with Gasteiger partial charge in [0.25, 0.3) is 11.3 Å². The summed E-state index contributed by atoms with van der Waals surface area (Å²) in [4.78, 5) is 35.3. The predicted molar refractivity (Wildman–Crippen MR) is 90.6 cm³/mol. The molecule has 0 bridgehead atoms. The van der Waals surface area contributed by atoms with E-state index >= 15 is 0 Å². The molecule has 0 spiro atoms. The number of carbonyl (C=O) groups is 1. The summed E-state index contributed by atoms with van der Waals surface area (Å²) in [5, 5.41) is 5.68. The lowest BCUT2D eigenvalue weighted by Crippen LogP contribution is -2.35. The Kier molecular flexibility index (Phi) is 3.16. The molecule has 1 aliphatic heterocycles. The topological polar surface area (TPSA) is 84.5 Å². The fraction of sp³-hybridized carbons (Fsp3) is 0.0556. The van der Waals surface area contributed by atoms with Gasteiger partial charge in [0.2, 0.25) is 5.43 Å². The first-order chi connectivity index (χ1) is 11.6. The maximum atomic E-state index is 12.0. The van der Waals surface area contributed by atoms with Crippen molar-refractivity contribution in [2.45, 2.75) is 0 Å². The van der Waals surface area contributed by atoms with Gasteiger partial charge in [-0.25, -0.2) is 0 Å². The average Bonchev–Trinajstić information content (AvgIpc) is 2.62. The second kappa shape index (κ2) is 5.34. The van der Waals surface area contributed by atoms with Gasteiger partial charge in [0.15, 0.2) is 6.61 Å². The number of anilines is 3. The van der Waals surface area contributed by atoms with Crippen molar-refractivity contribution in [1.82, 2.24) is 0 Å². The number of para-hydroxylation sites is 1. The van der Waals surface area contributed by atoms with E-state index in [0.29, 0.717) is 22.6 Å². The molecule has 0 unspecified atom stereocenters. The number of fused-ring (bicyclic) bond motifs is 1. The molecule has 0 aliphatic carbocycles. The standard InChI is InChI=1S/C18H12N2O4/c21-14-9-24-13-8-10(6-7-12(13)20-14)15-16(18(23)17(15)22)19-11-4-2-1-3-5-11/h1-8,19H,9H2,(H,20,21). The summed E-state index contributed by atoms with van der Waals surface area (Å²) in [5.74, 6) is 0.251. The minimum atomic E-state index is -0.541. The van der Waals surface area contributed by atoms with Gasteiger partial charge in [-0.05, 0) is 29.8 Å². The molecule has 6 heteroatoms. The number of nitrogens with one attached hydrogen (secondary N) is 2. The van der Waals surface area contributed by atoms with Gasteiger partial charge in [-0.1, -0.05) is 24.3 Å². The number of benzene rings is 2. The van der Waals surface area contributed by atoms with Crippen LogP contribution in [0.4, 0.5) is 17.1 Å². The Labute approximate surface area is 136 Å². The van der Waals surface area contributed by atoms with Crippen molar-refractivity contribution in [2.75, 3.05) is 17.2 Å². The third-order valence-corrected chi connectivity index (χ3v) is 3.86. The summed E-state index contributed by atoms with van der Waals surface area (Å²) >= 11 is 0. The van der Waals surface area contributed by atoms with E-state index in [4.69, 9.17) is 4.74 Å². The fourth-order valence-corrected chi connectivity index (χ4v) is 2.68. The molecule has 0 atom stereocenters. The SMILES string of the molecule is O=C1COc2cc(-c3c(Nc4ccccc4)c(=O)c3=O)ccc2N1. The molecule has 1 amide bonds. The first-order valence-corrected chi connectivity index (χ1v) is 7.36. The molecule has 1 heterocycles. The van der Waals surface area contributed by atoms with E-state index in [1.54, 1.807) is 18.2 Å². The van der Waals surface area contributed by atoms with Crippen molar-refractivity contribution >= 4 is 23.0 Å². The van der Waals surface area contributed by atoms with Crippen LogP contribution in [0.1, 0.15) is 0 Å². The Bertz CT molecular complexity index is 1020. The molecule has 3 aromatic carbocycles. The van der Waals surface area contributed by atoms with Crippen LogP contribution in [0.15, 0.2) is 58.1 Å². The number of carbonyl (C=O) groups excluding carboxylic acids is 1. The largest absolute Gasteiger partial charge is 0.482 e. The Morgan fingerprint density at radius 2 is 1.75 bits per heavy atom. The second-order valence-corrected chi connectivity index (χ2v) is 5.45. The van der Waals surface area contributed by atoms with E-state index < -0.39 is 10.9 Å². The molecule has 0 saturated heterocycles. The monoisotopic (exact) mass is 320 g/mol. The van der Waals surface area contributed by atoms with Crippen LogP contribution in [0.3, 0.4) is 0 Å². The Morgan fingerprint density at radius 3 is 2.54 bits per heavy atom. The molecule has 1 aliphatic rings. The van der Waals surface area contributed by atoms with Crippen molar-refractivity contribution in [3.05, 3.63) is 69.0 Å². The molecular weight excluding hydrogens is 308 g/mol. The van der Waals surface area contributed by atoms with Crippen LogP contribution >= 0.6 is 0 Å². The third kappa shape index (κ3) is 2.25. The number of amides is 1. The van der Waals surface area contributed by atoms with Gasteiger partial charge in [-0.2, -0.15) is 0 Å². The molecule has 118 valence electrons. The van der Waals surface area contributed by atoms with Crippen LogP contribution in [0.5, 0.6) is 5.75 Å². The smallest absolute Gasteiger partial charge is 0.262 e. The number of ether oxygens (including phenoxy) is 1. The predicted octanol–water partition coefficient (Wildman–Crippen LogP) is 2.02. The minimum Gasteiger partial charge on any atom is -0.482 e. The zero-order valence-corrected chi connectivity index (χ0v) is 12.5. The molecule has 4 rings (SSSR count). The van der Waals surface area contributed by atoms with Crippen molar-refractivity contribution < 1.29 is 9.53 Å². The first kappa shape index (κ1) is 14.2. The molecule has 0 saturated carbocycles. The summed E-state index contributed by atoms with van der Waals surface area (Å²) in [7, 11) is 0. The van der Waals surface area contributed by atoms with Crippen LogP contribution in [-0.4, -0.2) is 12.5 Å². The second-order valence-electron chi connectivity index (χ2n) is 5.45. The lowest BCUT2D eigenvalue weighted by Gasteiger charge is -2.19. The van der Waals surface area contributed by atoms with Gasteiger partial charge in [-0.15, -0.1) is 0 Å². The lowest BCUT2D eigenvalue weighted by atomic mass is 9.97. The maximum Gasteiger partial charge on any atom is 0.262 e. The molecule has 0 aromatic heterocycles. The van der Waals surface area contributed by atoms with Gasteiger partial charge in [0.1, 0.15) is 11.4 Å². The Hall–Kier alpha value is -3.41. The van der Waals surface area contributed by atoms with Crippen LogP contribution in [0, 0.1) is 0 Å². The Balaban J connectivity index is 1.73. The normalized spacial score (nSPS) is 13.1. The van der Waals surface area contributed by atoms with Crippen molar-refractivity contribution in [2.24, 2.45) is 0 Å². The van der Waals surface area contributed by atoms with E-state index in [1.165, 1.54) is 0 Å². The van der Waals surface area contributed by atoms with Crippen LogP contribution < -0.4 is 26.2 Å². The molecule has 0 fully saturated rings. The summed E-state index contributed by atoms with van der Waals surface area (Å²) in [6, 6.07) is 14.2. The van der Waals surface area contributed by atoms with E-state index in [9.17, 15) is 14.4 Å². The quantitative estimate of drug-likeness (QED) is 0.721. The van der Waals surface area contributed by atoms with E-state index in [2.05, 4.69) is 10.6 Å². The Morgan fingerprint density at radius 1 is 0.958 bits per heavy atom. The number of hydrogen-bond donors (Lipinski definition) is 2. The van der Waals surface area contributed by atoms with Crippen LogP contribution in [0.2, 0.25) is 0 Å². The van der Waals surface area contributed by atoms with E-state index in [-0.39, 0.29) is 18.2 Å². The van der Waals surface area contributed by atoms with Crippen molar-refractivity contribution in [3.8, 4) is 16.9 Å². The molecule has 0 radical (unpaired) electrons. The number of hydrogen-bond acceptors (Lipinski definition) is 5.